The Hall–Kier alpha value is -0.800. The van der Waals surface area contributed by atoms with Crippen LogP contribution in [0.2, 0.25) is 0 Å². The Labute approximate surface area is 139 Å². The molecule has 128 valence electrons. The molecule has 1 aromatic heterocycles. The van der Waals surface area contributed by atoms with Crippen molar-refractivity contribution in [1.29, 1.82) is 0 Å². The van der Waals surface area contributed by atoms with E-state index >= 15 is 0 Å². The van der Waals surface area contributed by atoms with Gasteiger partial charge in [0.15, 0.2) is 0 Å². The van der Waals surface area contributed by atoms with Gasteiger partial charge < -0.3 is 14.3 Å². The summed E-state index contributed by atoms with van der Waals surface area (Å²) in [4.78, 5) is 0. The number of rotatable bonds is 3. The Kier molecular flexibility index (Phi) is 3.48. The maximum Gasteiger partial charge on any atom is 0.0934 e. The minimum atomic E-state index is -0.610. The lowest BCUT2D eigenvalue weighted by Crippen LogP contribution is -2.65. The minimum Gasteiger partial charge on any atom is -0.472 e. The number of hydrogen-bond donors (Lipinski definition) is 1. The molecule has 0 bridgehead atoms. The van der Waals surface area contributed by atoms with Crippen molar-refractivity contribution in [2.45, 2.75) is 71.0 Å². The lowest BCUT2D eigenvalue weighted by Gasteiger charge is -2.62. The molecule has 0 aromatic carbocycles. The highest BCUT2D eigenvalue weighted by atomic mass is 16.5. The highest BCUT2D eigenvalue weighted by Crippen LogP contribution is 2.66. The van der Waals surface area contributed by atoms with Gasteiger partial charge in [-0.15, -0.1) is 0 Å². The second-order valence-electron chi connectivity index (χ2n) is 8.94. The van der Waals surface area contributed by atoms with Crippen molar-refractivity contribution in [3.05, 3.63) is 24.2 Å². The topological polar surface area (TPSA) is 42.6 Å². The normalized spacial score (nSPS) is 49.1. The second-order valence-corrected chi connectivity index (χ2v) is 8.94. The fraction of sp³-hybridized carbons (Fsp3) is 0.800. The smallest absolute Gasteiger partial charge is 0.0934 e. The van der Waals surface area contributed by atoms with Gasteiger partial charge in [-0.05, 0) is 55.1 Å². The molecular weight excluding hydrogens is 288 g/mol. The summed E-state index contributed by atoms with van der Waals surface area (Å²) in [5.41, 5.74) is 0.794. The van der Waals surface area contributed by atoms with Gasteiger partial charge in [0, 0.05) is 11.3 Å². The van der Waals surface area contributed by atoms with Crippen LogP contribution in [0.25, 0.3) is 0 Å². The maximum absolute atomic E-state index is 11.9. The van der Waals surface area contributed by atoms with Crippen molar-refractivity contribution in [2.75, 3.05) is 6.61 Å². The van der Waals surface area contributed by atoms with E-state index < -0.39 is 5.60 Å². The summed E-state index contributed by atoms with van der Waals surface area (Å²) >= 11 is 0. The van der Waals surface area contributed by atoms with Gasteiger partial charge in [-0.1, -0.05) is 27.2 Å². The van der Waals surface area contributed by atoms with Gasteiger partial charge in [0.05, 0.1) is 30.8 Å². The van der Waals surface area contributed by atoms with Crippen LogP contribution in [0.1, 0.15) is 58.4 Å². The quantitative estimate of drug-likeness (QED) is 0.908. The standard InChI is InChI=1S/C20H30O3/c1-14-11-16-17-18(2,13-23-16)7-4-8-19(17,3)20(14,21)9-5-15-6-10-22-12-15/h6,10,12,14,16-17,21H,4-5,7-9,11,13H2,1-3H3/t14-,16-,17-,18+,19+,20-/m0/s1. The summed E-state index contributed by atoms with van der Waals surface area (Å²) in [5.74, 6) is 0.774. The lowest BCUT2D eigenvalue weighted by atomic mass is 9.44. The molecule has 3 nitrogen and oxygen atoms in total. The van der Waals surface area contributed by atoms with Crippen LogP contribution in [0.5, 0.6) is 0 Å². The molecule has 0 unspecified atom stereocenters. The van der Waals surface area contributed by atoms with Crippen molar-refractivity contribution in [3.63, 3.8) is 0 Å². The Morgan fingerprint density at radius 3 is 2.87 bits per heavy atom. The maximum atomic E-state index is 11.9. The Morgan fingerprint density at radius 2 is 2.13 bits per heavy atom. The van der Waals surface area contributed by atoms with Crippen LogP contribution in [0.15, 0.2) is 23.0 Å². The van der Waals surface area contributed by atoms with E-state index in [0.29, 0.717) is 12.0 Å². The molecule has 3 fully saturated rings. The molecule has 1 saturated heterocycles. The number of hydrogen-bond acceptors (Lipinski definition) is 3. The average molecular weight is 318 g/mol. The van der Waals surface area contributed by atoms with Crippen LogP contribution in [0.3, 0.4) is 0 Å². The monoisotopic (exact) mass is 318 g/mol. The molecule has 1 N–H and O–H groups in total. The van der Waals surface area contributed by atoms with Crippen molar-refractivity contribution in [3.8, 4) is 0 Å². The molecule has 3 heteroatoms. The van der Waals surface area contributed by atoms with Crippen LogP contribution in [-0.2, 0) is 11.2 Å². The molecule has 2 aliphatic carbocycles. The third-order valence-electron chi connectivity index (χ3n) is 7.65. The molecule has 0 radical (unpaired) electrons. The predicted molar refractivity (Wildman–Crippen MR) is 89.1 cm³/mol. The summed E-state index contributed by atoms with van der Waals surface area (Å²) in [5, 5.41) is 11.9. The summed E-state index contributed by atoms with van der Waals surface area (Å²) in [6.45, 7) is 7.84. The van der Waals surface area contributed by atoms with Crippen LogP contribution in [0, 0.1) is 22.7 Å². The molecule has 1 aliphatic heterocycles. The lowest BCUT2D eigenvalue weighted by molar-refractivity contribution is -0.217. The van der Waals surface area contributed by atoms with Crippen molar-refractivity contribution >= 4 is 0 Å². The molecule has 1 aromatic rings. The van der Waals surface area contributed by atoms with E-state index in [-0.39, 0.29) is 16.7 Å². The van der Waals surface area contributed by atoms with E-state index in [1.54, 1.807) is 6.26 Å². The van der Waals surface area contributed by atoms with Gasteiger partial charge in [0.2, 0.25) is 0 Å². The number of furan rings is 1. The van der Waals surface area contributed by atoms with Gasteiger partial charge >= 0.3 is 0 Å². The SMILES string of the molecule is C[C@H]1C[C@@H]2OC[C@@]3(C)CCC[C@](C)([C@@H]23)[C@]1(O)CCc1ccoc1. The van der Waals surface area contributed by atoms with Crippen molar-refractivity contribution in [2.24, 2.45) is 22.7 Å². The van der Waals surface area contributed by atoms with Crippen molar-refractivity contribution < 1.29 is 14.3 Å². The Bertz CT molecular complexity index is 567. The van der Waals surface area contributed by atoms with E-state index in [4.69, 9.17) is 9.15 Å². The first-order chi connectivity index (χ1) is 10.9. The first kappa shape index (κ1) is 15.7. The summed E-state index contributed by atoms with van der Waals surface area (Å²) in [6.07, 6.45) is 10.2. The third-order valence-corrected chi connectivity index (χ3v) is 7.65. The van der Waals surface area contributed by atoms with E-state index in [2.05, 4.69) is 20.8 Å². The molecule has 4 rings (SSSR count). The van der Waals surface area contributed by atoms with Crippen LogP contribution >= 0.6 is 0 Å². The molecule has 2 heterocycles. The average Bonchev–Trinajstić information content (AvgIpc) is 3.12. The highest BCUT2D eigenvalue weighted by molar-refractivity contribution is 5.17. The minimum absolute atomic E-state index is 0.0391. The zero-order valence-electron chi connectivity index (χ0n) is 14.7. The van der Waals surface area contributed by atoms with Gasteiger partial charge in [-0.3, -0.25) is 0 Å². The highest BCUT2D eigenvalue weighted by Gasteiger charge is 2.67. The first-order valence-electron chi connectivity index (χ1n) is 9.24. The third kappa shape index (κ3) is 2.09. The summed E-state index contributed by atoms with van der Waals surface area (Å²) < 4.78 is 11.4. The molecule has 0 spiro atoms. The fourth-order valence-corrected chi connectivity index (χ4v) is 6.45. The number of aliphatic hydroxyl groups is 1. The van der Waals surface area contributed by atoms with E-state index in [1.807, 2.05) is 12.3 Å². The van der Waals surface area contributed by atoms with Gasteiger partial charge in [0.1, 0.15) is 0 Å². The molecule has 23 heavy (non-hydrogen) atoms. The van der Waals surface area contributed by atoms with Gasteiger partial charge in [-0.2, -0.15) is 0 Å². The second kappa shape index (κ2) is 5.10. The summed E-state index contributed by atoms with van der Waals surface area (Å²) in [6, 6.07) is 2.02. The Balaban J connectivity index is 1.67. The van der Waals surface area contributed by atoms with Crippen LogP contribution < -0.4 is 0 Å². The molecule has 2 saturated carbocycles. The van der Waals surface area contributed by atoms with E-state index in [1.165, 1.54) is 18.4 Å². The van der Waals surface area contributed by atoms with E-state index in [9.17, 15) is 5.11 Å². The molecule has 3 aliphatic rings. The van der Waals surface area contributed by atoms with Gasteiger partial charge in [-0.25, -0.2) is 0 Å². The van der Waals surface area contributed by atoms with E-state index in [0.717, 1.165) is 32.3 Å². The molecule has 0 amide bonds. The molecular formula is C20H30O3. The first-order valence-corrected chi connectivity index (χ1v) is 9.24. The van der Waals surface area contributed by atoms with Crippen LogP contribution in [-0.4, -0.2) is 23.4 Å². The molecule has 6 atom stereocenters. The van der Waals surface area contributed by atoms with Crippen molar-refractivity contribution in [1.82, 2.24) is 0 Å². The largest absolute Gasteiger partial charge is 0.472 e. The Morgan fingerprint density at radius 1 is 1.30 bits per heavy atom. The fourth-order valence-electron chi connectivity index (χ4n) is 6.45. The van der Waals surface area contributed by atoms with Gasteiger partial charge in [0.25, 0.3) is 0 Å². The zero-order chi connectivity index (χ0) is 16.3. The summed E-state index contributed by atoms with van der Waals surface area (Å²) in [7, 11) is 0. The number of aryl methyl sites for hydroxylation is 1. The zero-order valence-corrected chi connectivity index (χ0v) is 14.7. The van der Waals surface area contributed by atoms with Crippen LogP contribution in [0.4, 0.5) is 0 Å². The number of ether oxygens (including phenoxy) is 1. The predicted octanol–water partition coefficient (Wildman–Crippen LogP) is 4.19.